The lowest BCUT2D eigenvalue weighted by Crippen LogP contribution is -2.07. The van der Waals surface area contributed by atoms with Crippen molar-refractivity contribution < 1.29 is 23.0 Å². The fourth-order valence-electron chi connectivity index (χ4n) is 3.45. The molecule has 3 aromatic rings. The number of methoxy groups -OCH3 is 2. The molecule has 0 fully saturated rings. The van der Waals surface area contributed by atoms with Crippen LogP contribution in [0.1, 0.15) is 11.3 Å². The van der Waals surface area contributed by atoms with Gasteiger partial charge in [0.1, 0.15) is 0 Å². The molecular formula is C25H20F2N2O3S. The summed E-state index contributed by atoms with van der Waals surface area (Å²) >= 11 is 0.974. The highest BCUT2D eigenvalue weighted by Gasteiger charge is 2.25. The van der Waals surface area contributed by atoms with Crippen LogP contribution in [0.2, 0.25) is 0 Å². The molecule has 0 radical (unpaired) electrons. The van der Waals surface area contributed by atoms with E-state index in [0.29, 0.717) is 17.0 Å². The van der Waals surface area contributed by atoms with Crippen molar-refractivity contribution in [1.29, 1.82) is 0 Å². The number of carbonyl (C=O) groups is 1. The summed E-state index contributed by atoms with van der Waals surface area (Å²) < 4.78 is 39.6. The number of anilines is 1. The number of carbonyl (C=O) groups excluding carboxylic acids is 1. The SMILES string of the molecule is C=CC(=O)Nc1cccc(-c2ccc3c(n2)CC=C3Sc2c(F)c(OC)cc(OC)c2F)c1. The Bertz CT molecular complexity index is 1260. The van der Waals surface area contributed by atoms with Gasteiger partial charge in [-0.1, -0.05) is 36.5 Å². The molecule has 0 aliphatic heterocycles. The number of nitrogens with zero attached hydrogens (tertiary/aromatic N) is 1. The molecule has 1 N–H and O–H groups in total. The van der Waals surface area contributed by atoms with E-state index in [1.165, 1.54) is 26.4 Å². The second-order valence-corrected chi connectivity index (χ2v) is 8.13. The number of benzene rings is 2. The number of amides is 1. The number of hydrogen-bond acceptors (Lipinski definition) is 5. The average molecular weight is 467 g/mol. The molecule has 0 unspecified atom stereocenters. The summed E-state index contributed by atoms with van der Waals surface area (Å²) in [7, 11) is 2.63. The van der Waals surface area contributed by atoms with Crippen LogP contribution < -0.4 is 14.8 Å². The van der Waals surface area contributed by atoms with Gasteiger partial charge in [-0.15, -0.1) is 0 Å². The van der Waals surface area contributed by atoms with E-state index in [9.17, 15) is 13.6 Å². The fraction of sp³-hybridized carbons (Fsp3) is 0.120. The predicted octanol–water partition coefficient (Wildman–Crippen LogP) is 5.86. The Morgan fingerprint density at radius 2 is 1.85 bits per heavy atom. The van der Waals surface area contributed by atoms with Gasteiger partial charge in [0.05, 0.1) is 30.5 Å². The van der Waals surface area contributed by atoms with E-state index in [0.717, 1.165) is 34.3 Å². The van der Waals surface area contributed by atoms with Crippen LogP contribution in [-0.2, 0) is 11.2 Å². The highest BCUT2D eigenvalue weighted by molar-refractivity contribution is 8.08. The largest absolute Gasteiger partial charge is 0.493 e. The smallest absolute Gasteiger partial charge is 0.247 e. The quantitative estimate of drug-likeness (QED) is 0.442. The Morgan fingerprint density at radius 3 is 2.52 bits per heavy atom. The maximum Gasteiger partial charge on any atom is 0.247 e. The molecule has 1 aliphatic carbocycles. The van der Waals surface area contributed by atoms with Gasteiger partial charge in [0, 0.05) is 34.2 Å². The monoisotopic (exact) mass is 466 g/mol. The summed E-state index contributed by atoms with van der Waals surface area (Å²) in [4.78, 5) is 16.8. The molecule has 33 heavy (non-hydrogen) atoms. The van der Waals surface area contributed by atoms with Crippen LogP contribution in [0.25, 0.3) is 16.2 Å². The lowest BCUT2D eigenvalue weighted by Gasteiger charge is -2.13. The third-order valence-electron chi connectivity index (χ3n) is 5.08. The number of ether oxygens (including phenoxy) is 2. The van der Waals surface area contributed by atoms with Crippen molar-refractivity contribution in [3.8, 4) is 22.8 Å². The zero-order valence-electron chi connectivity index (χ0n) is 17.9. The van der Waals surface area contributed by atoms with Crippen LogP contribution in [0.3, 0.4) is 0 Å². The maximum atomic E-state index is 14.8. The standard InChI is InChI=1S/C25H20F2N2O3S/c1-4-22(30)28-15-7-5-6-14(12-15)17-9-8-16-18(29-17)10-11-21(16)33-25-23(26)19(31-2)13-20(32-3)24(25)27/h4-9,11-13H,1,10H2,2-3H3,(H,28,30). The van der Waals surface area contributed by atoms with Crippen LogP contribution in [0.15, 0.2) is 66.1 Å². The van der Waals surface area contributed by atoms with Crippen molar-refractivity contribution in [2.24, 2.45) is 0 Å². The normalized spacial score (nSPS) is 12.1. The second kappa shape index (κ2) is 9.46. The number of halogens is 2. The molecular weight excluding hydrogens is 446 g/mol. The Balaban J connectivity index is 1.62. The zero-order valence-corrected chi connectivity index (χ0v) is 18.8. The maximum absolute atomic E-state index is 14.8. The second-order valence-electron chi connectivity index (χ2n) is 7.08. The van der Waals surface area contributed by atoms with Crippen molar-refractivity contribution in [3.63, 3.8) is 0 Å². The Labute approximate surface area is 194 Å². The predicted molar refractivity (Wildman–Crippen MR) is 125 cm³/mol. The minimum Gasteiger partial charge on any atom is -0.493 e. The van der Waals surface area contributed by atoms with Crippen molar-refractivity contribution in [2.75, 3.05) is 19.5 Å². The molecule has 1 aromatic heterocycles. The average Bonchev–Trinajstić information content (AvgIpc) is 3.24. The molecule has 0 saturated carbocycles. The van der Waals surface area contributed by atoms with Gasteiger partial charge in [-0.05, 0) is 30.3 Å². The van der Waals surface area contributed by atoms with Crippen LogP contribution in [0, 0.1) is 11.6 Å². The van der Waals surface area contributed by atoms with E-state index in [-0.39, 0.29) is 22.3 Å². The number of thioether (sulfide) groups is 1. The van der Waals surface area contributed by atoms with Gasteiger partial charge in [-0.3, -0.25) is 9.78 Å². The Hall–Kier alpha value is -3.65. The fourth-order valence-corrected chi connectivity index (χ4v) is 4.51. The van der Waals surface area contributed by atoms with Gasteiger partial charge < -0.3 is 14.8 Å². The molecule has 4 rings (SSSR count). The number of allylic oxidation sites excluding steroid dienone is 1. The van der Waals surface area contributed by atoms with Crippen LogP contribution in [-0.4, -0.2) is 25.1 Å². The summed E-state index contributed by atoms with van der Waals surface area (Å²) in [5.74, 6) is -2.04. The summed E-state index contributed by atoms with van der Waals surface area (Å²) in [6, 6.07) is 12.2. The summed E-state index contributed by atoms with van der Waals surface area (Å²) in [5.41, 5.74) is 3.79. The Kier molecular flexibility index (Phi) is 6.46. The first-order valence-corrected chi connectivity index (χ1v) is 10.8. The minimum absolute atomic E-state index is 0.0912. The zero-order chi connectivity index (χ0) is 23.5. The van der Waals surface area contributed by atoms with E-state index in [2.05, 4.69) is 11.9 Å². The summed E-state index contributed by atoms with van der Waals surface area (Å²) in [5, 5.41) is 2.73. The van der Waals surface area contributed by atoms with Crippen LogP contribution >= 0.6 is 11.8 Å². The molecule has 0 spiro atoms. The lowest BCUT2D eigenvalue weighted by atomic mass is 10.1. The topological polar surface area (TPSA) is 60.5 Å². The van der Waals surface area contributed by atoms with Gasteiger partial charge >= 0.3 is 0 Å². The minimum atomic E-state index is -0.780. The van der Waals surface area contributed by atoms with Crippen molar-refractivity contribution in [3.05, 3.63) is 84.1 Å². The number of hydrogen-bond donors (Lipinski definition) is 1. The number of nitrogens with one attached hydrogen (secondary N) is 1. The van der Waals surface area contributed by atoms with Crippen molar-refractivity contribution in [1.82, 2.24) is 4.98 Å². The first kappa shape index (κ1) is 22.5. The van der Waals surface area contributed by atoms with Gasteiger partial charge in [0.25, 0.3) is 0 Å². The molecule has 5 nitrogen and oxygen atoms in total. The van der Waals surface area contributed by atoms with E-state index in [4.69, 9.17) is 14.5 Å². The summed E-state index contributed by atoms with van der Waals surface area (Å²) in [6.07, 6.45) is 3.62. The number of aromatic nitrogens is 1. The van der Waals surface area contributed by atoms with E-state index >= 15 is 0 Å². The third kappa shape index (κ3) is 4.47. The first-order chi connectivity index (χ1) is 15.9. The van der Waals surface area contributed by atoms with E-state index < -0.39 is 11.6 Å². The van der Waals surface area contributed by atoms with Gasteiger partial charge in [-0.2, -0.15) is 0 Å². The van der Waals surface area contributed by atoms with Gasteiger partial charge in [-0.25, -0.2) is 8.78 Å². The molecule has 2 aromatic carbocycles. The lowest BCUT2D eigenvalue weighted by molar-refractivity contribution is -0.111. The van der Waals surface area contributed by atoms with Crippen LogP contribution in [0.4, 0.5) is 14.5 Å². The summed E-state index contributed by atoms with van der Waals surface area (Å²) in [6.45, 7) is 3.45. The van der Waals surface area contributed by atoms with Gasteiger partial charge in [0.15, 0.2) is 23.1 Å². The highest BCUT2D eigenvalue weighted by Crippen LogP contribution is 2.45. The number of rotatable bonds is 7. The third-order valence-corrected chi connectivity index (χ3v) is 6.25. The van der Waals surface area contributed by atoms with E-state index in [1.807, 2.05) is 36.4 Å². The molecule has 0 saturated heterocycles. The molecule has 0 bridgehead atoms. The van der Waals surface area contributed by atoms with Crippen molar-refractivity contribution in [2.45, 2.75) is 11.3 Å². The molecule has 1 aliphatic rings. The number of pyridine rings is 1. The van der Waals surface area contributed by atoms with Crippen molar-refractivity contribution >= 4 is 28.3 Å². The molecule has 1 amide bonds. The van der Waals surface area contributed by atoms with E-state index in [1.54, 1.807) is 6.07 Å². The first-order valence-electron chi connectivity index (χ1n) is 9.97. The van der Waals surface area contributed by atoms with Gasteiger partial charge in [0.2, 0.25) is 5.91 Å². The van der Waals surface area contributed by atoms with Crippen LogP contribution in [0.5, 0.6) is 11.5 Å². The Morgan fingerprint density at radius 1 is 1.12 bits per heavy atom. The highest BCUT2D eigenvalue weighted by atomic mass is 32.2. The molecule has 8 heteroatoms. The number of fused-ring (bicyclic) bond motifs is 1. The molecule has 0 atom stereocenters. The molecule has 1 heterocycles. The molecule has 168 valence electrons.